The van der Waals surface area contributed by atoms with Crippen LogP contribution in [0.2, 0.25) is 0 Å². The molecular weight excluding hydrogens is 270 g/mol. The van der Waals surface area contributed by atoms with Crippen LogP contribution in [0.3, 0.4) is 0 Å². The van der Waals surface area contributed by atoms with Crippen molar-refractivity contribution in [2.45, 2.75) is 63.7 Å². The van der Waals surface area contributed by atoms with Gasteiger partial charge in [0.1, 0.15) is 0 Å². The zero-order chi connectivity index (χ0) is 15.0. The molecule has 2 aliphatic rings. The van der Waals surface area contributed by atoms with Crippen LogP contribution in [0.5, 0.6) is 0 Å². The van der Waals surface area contributed by atoms with Gasteiger partial charge in [0, 0.05) is 24.1 Å². The van der Waals surface area contributed by atoms with Crippen LogP contribution in [0.1, 0.15) is 67.4 Å². The lowest BCUT2D eigenvalue weighted by Gasteiger charge is -2.42. The molecule has 3 N–H and O–H groups in total. The molecule has 3 rings (SSSR count). The first-order chi connectivity index (χ1) is 10.0. The summed E-state index contributed by atoms with van der Waals surface area (Å²) in [6.45, 7) is 4.07. The number of nitrogens with one attached hydrogen (secondary N) is 2. The molecule has 116 valence electrons. The number of aromatic nitrogens is 2. The van der Waals surface area contributed by atoms with Crippen molar-refractivity contribution in [3.05, 3.63) is 17.0 Å². The minimum atomic E-state index is -0.236. The Bertz CT molecular complexity index is 536. The molecular formula is C15H23N3O3. The lowest BCUT2D eigenvalue weighted by atomic mass is 9.74. The number of fused-ring (bicyclic) bond motifs is 1. The van der Waals surface area contributed by atoms with Crippen molar-refractivity contribution >= 4 is 5.91 Å². The summed E-state index contributed by atoms with van der Waals surface area (Å²) >= 11 is 0. The first-order valence-electron chi connectivity index (χ1n) is 7.70. The number of hydrogen-bond acceptors (Lipinski definition) is 4. The van der Waals surface area contributed by atoms with Crippen LogP contribution >= 0.6 is 0 Å². The third kappa shape index (κ3) is 2.58. The molecule has 2 atom stereocenters. The van der Waals surface area contributed by atoms with Crippen LogP contribution in [0.25, 0.3) is 0 Å². The molecule has 1 aliphatic heterocycles. The summed E-state index contributed by atoms with van der Waals surface area (Å²) in [5.74, 6) is -0.137. The second-order valence-corrected chi connectivity index (χ2v) is 6.32. The highest BCUT2D eigenvalue weighted by Crippen LogP contribution is 2.36. The topological polar surface area (TPSA) is 87.2 Å². The van der Waals surface area contributed by atoms with Gasteiger partial charge in [0.15, 0.2) is 5.69 Å². The highest BCUT2D eigenvalue weighted by atomic mass is 16.5. The monoisotopic (exact) mass is 293 g/mol. The van der Waals surface area contributed by atoms with Gasteiger partial charge in [-0.15, -0.1) is 0 Å². The third-order valence-corrected chi connectivity index (χ3v) is 4.73. The van der Waals surface area contributed by atoms with E-state index in [4.69, 9.17) is 4.74 Å². The second kappa shape index (κ2) is 5.42. The number of nitrogens with zero attached hydrogens (tertiary/aromatic N) is 1. The second-order valence-electron chi connectivity index (χ2n) is 6.32. The first-order valence-corrected chi connectivity index (χ1v) is 7.70. The minimum absolute atomic E-state index is 0.0621. The van der Waals surface area contributed by atoms with Crippen molar-refractivity contribution < 1.29 is 14.6 Å². The maximum atomic E-state index is 12.6. The highest BCUT2D eigenvalue weighted by molar-refractivity contribution is 5.94. The van der Waals surface area contributed by atoms with Crippen molar-refractivity contribution in [1.29, 1.82) is 0 Å². The van der Waals surface area contributed by atoms with Gasteiger partial charge in [-0.2, -0.15) is 5.10 Å². The highest BCUT2D eigenvalue weighted by Gasteiger charge is 2.39. The number of rotatable bonds is 4. The number of ether oxygens (including phenoxy) is 1. The Morgan fingerprint density at radius 3 is 2.90 bits per heavy atom. The number of hydrogen-bond donors (Lipinski definition) is 3. The summed E-state index contributed by atoms with van der Waals surface area (Å²) in [5, 5.41) is 19.4. The van der Waals surface area contributed by atoms with Gasteiger partial charge in [-0.3, -0.25) is 9.89 Å². The van der Waals surface area contributed by atoms with Crippen molar-refractivity contribution in [2.24, 2.45) is 0 Å². The molecule has 0 radical (unpaired) electrons. The average Bonchev–Trinajstić information content (AvgIpc) is 2.80. The number of aliphatic hydroxyl groups is 1. The molecule has 0 spiro atoms. The van der Waals surface area contributed by atoms with Gasteiger partial charge in [0.05, 0.1) is 17.9 Å². The Kier molecular flexibility index (Phi) is 3.75. The molecule has 1 fully saturated rings. The smallest absolute Gasteiger partial charge is 0.272 e. The number of H-pyrrole nitrogens is 1. The van der Waals surface area contributed by atoms with Crippen molar-refractivity contribution in [3.8, 4) is 0 Å². The number of aromatic amines is 1. The average molecular weight is 293 g/mol. The van der Waals surface area contributed by atoms with E-state index in [1.165, 1.54) is 0 Å². The fourth-order valence-corrected chi connectivity index (χ4v) is 3.42. The molecule has 0 bridgehead atoms. The SMILES string of the molecule is C[C@@H]1Cc2c(C(=O)NC3(CCO)CCC3)n[nH]c2[C@H](C)O1. The Balaban J connectivity index is 1.80. The minimum Gasteiger partial charge on any atom is -0.396 e. The van der Waals surface area contributed by atoms with Gasteiger partial charge in [-0.25, -0.2) is 0 Å². The van der Waals surface area contributed by atoms with Crippen LogP contribution in [-0.2, 0) is 11.2 Å². The predicted octanol–water partition coefficient (Wildman–Crippen LogP) is 1.47. The molecule has 0 unspecified atom stereocenters. The summed E-state index contributed by atoms with van der Waals surface area (Å²) in [6.07, 6.45) is 4.30. The lowest BCUT2D eigenvalue weighted by Crippen LogP contribution is -2.54. The normalized spacial score (nSPS) is 26.8. The van der Waals surface area contributed by atoms with Crippen LogP contribution in [0.4, 0.5) is 0 Å². The third-order valence-electron chi connectivity index (χ3n) is 4.73. The zero-order valence-electron chi connectivity index (χ0n) is 12.6. The Morgan fingerprint density at radius 2 is 2.29 bits per heavy atom. The van der Waals surface area contributed by atoms with E-state index in [0.29, 0.717) is 18.5 Å². The van der Waals surface area contributed by atoms with Crippen LogP contribution in [-0.4, -0.2) is 39.5 Å². The summed E-state index contributed by atoms with van der Waals surface area (Å²) in [7, 11) is 0. The van der Waals surface area contributed by atoms with E-state index in [1.807, 2.05) is 13.8 Å². The number of aliphatic hydroxyl groups excluding tert-OH is 1. The summed E-state index contributed by atoms with van der Waals surface area (Å²) in [4.78, 5) is 12.6. The van der Waals surface area contributed by atoms with E-state index >= 15 is 0 Å². The Hall–Kier alpha value is -1.40. The number of carbonyl (C=O) groups is 1. The summed E-state index contributed by atoms with van der Waals surface area (Å²) < 4.78 is 5.74. The number of amides is 1. The standard InChI is InChI=1S/C15H23N3O3/c1-9-8-11-12(10(2)21-9)17-18-13(11)14(20)16-15(6-7-19)4-3-5-15/h9-10,19H,3-8H2,1-2H3,(H,16,20)(H,17,18)/t9-,10+/m1/s1. The zero-order valence-corrected chi connectivity index (χ0v) is 12.6. The molecule has 1 aromatic heterocycles. The van der Waals surface area contributed by atoms with Crippen molar-refractivity contribution in [3.63, 3.8) is 0 Å². The molecule has 1 aliphatic carbocycles. The molecule has 1 amide bonds. The molecule has 6 heteroatoms. The van der Waals surface area contributed by atoms with Crippen molar-refractivity contribution in [1.82, 2.24) is 15.5 Å². The summed E-state index contributed by atoms with van der Waals surface area (Å²) in [6, 6.07) is 0. The van der Waals surface area contributed by atoms with E-state index < -0.39 is 0 Å². The van der Waals surface area contributed by atoms with Crippen molar-refractivity contribution in [2.75, 3.05) is 6.61 Å². The van der Waals surface area contributed by atoms with Gasteiger partial charge < -0.3 is 15.2 Å². The Morgan fingerprint density at radius 1 is 1.52 bits per heavy atom. The van der Waals surface area contributed by atoms with Crippen LogP contribution < -0.4 is 5.32 Å². The van der Waals surface area contributed by atoms with Gasteiger partial charge in [-0.05, 0) is 39.5 Å². The fraction of sp³-hybridized carbons (Fsp3) is 0.733. The van der Waals surface area contributed by atoms with Gasteiger partial charge in [0.25, 0.3) is 5.91 Å². The molecule has 2 heterocycles. The largest absolute Gasteiger partial charge is 0.396 e. The lowest BCUT2D eigenvalue weighted by molar-refractivity contribution is -0.00698. The number of carbonyl (C=O) groups excluding carboxylic acids is 1. The van der Waals surface area contributed by atoms with E-state index in [-0.39, 0.29) is 30.3 Å². The van der Waals surface area contributed by atoms with Gasteiger partial charge in [0.2, 0.25) is 0 Å². The quantitative estimate of drug-likeness (QED) is 0.784. The predicted molar refractivity (Wildman–Crippen MR) is 77.0 cm³/mol. The molecule has 0 aromatic carbocycles. The maximum Gasteiger partial charge on any atom is 0.272 e. The Labute approximate surface area is 124 Å². The summed E-state index contributed by atoms with van der Waals surface area (Å²) in [5.41, 5.74) is 2.12. The molecule has 1 saturated carbocycles. The maximum absolute atomic E-state index is 12.6. The molecule has 0 saturated heterocycles. The van der Waals surface area contributed by atoms with Gasteiger partial charge >= 0.3 is 0 Å². The molecule has 1 aromatic rings. The van der Waals surface area contributed by atoms with E-state index in [2.05, 4.69) is 15.5 Å². The molecule has 21 heavy (non-hydrogen) atoms. The van der Waals surface area contributed by atoms with E-state index in [0.717, 1.165) is 30.5 Å². The first kappa shape index (κ1) is 14.5. The van der Waals surface area contributed by atoms with Crippen LogP contribution in [0, 0.1) is 0 Å². The van der Waals surface area contributed by atoms with E-state index in [9.17, 15) is 9.90 Å². The van der Waals surface area contributed by atoms with Gasteiger partial charge in [-0.1, -0.05) is 0 Å². The van der Waals surface area contributed by atoms with Crippen LogP contribution in [0.15, 0.2) is 0 Å². The fourth-order valence-electron chi connectivity index (χ4n) is 3.42. The molecule has 6 nitrogen and oxygen atoms in total. The van der Waals surface area contributed by atoms with E-state index in [1.54, 1.807) is 0 Å².